The molecule has 1 aliphatic heterocycles. The molecule has 27 heavy (non-hydrogen) atoms. The molecule has 0 saturated heterocycles. The van der Waals surface area contributed by atoms with Crippen LogP contribution in [-0.2, 0) is 22.3 Å². The Morgan fingerprint density at radius 2 is 1.89 bits per heavy atom. The Labute approximate surface area is 159 Å². The van der Waals surface area contributed by atoms with E-state index in [4.69, 9.17) is 4.74 Å². The molecule has 1 amide bonds. The highest BCUT2D eigenvalue weighted by Crippen LogP contribution is 2.32. The van der Waals surface area contributed by atoms with Crippen LogP contribution in [0.3, 0.4) is 0 Å². The standard InChI is InChI=1S/C20H19N3O3S/c1-13-5-3-4-6-16(13)20(24)21-19-17-11-27(25)12-18(17)22-23(19)14-7-9-15(26-2)10-8-14/h3-10H,11-12H2,1-2H3,(H,21,24)/t27-/m1/s1. The molecule has 0 unspecified atom stereocenters. The van der Waals surface area contributed by atoms with Gasteiger partial charge in [-0.25, -0.2) is 4.68 Å². The first-order chi connectivity index (χ1) is 13.1. The predicted octanol–water partition coefficient (Wildman–Crippen LogP) is 3.20. The Morgan fingerprint density at radius 3 is 2.59 bits per heavy atom. The molecule has 138 valence electrons. The van der Waals surface area contributed by atoms with Crippen LogP contribution in [0, 0.1) is 6.92 Å². The van der Waals surface area contributed by atoms with Gasteiger partial charge in [-0.05, 0) is 42.8 Å². The summed E-state index contributed by atoms with van der Waals surface area (Å²) >= 11 is 0. The van der Waals surface area contributed by atoms with Gasteiger partial charge in [0.05, 0.1) is 30.0 Å². The molecular weight excluding hydrogens is 362 g/mol. The topological polar surface area (TPSA) is 73.2 Å². The van der Waals surface area contributed by atoms with E-state index in [1.807, 2.05) is 49.4 Å². The van der Waals surface area contributed by atoms with Gasteiger partial charge in [0, 0.05) is 21.9 Å². The molecule has 0 spiro atoms. The molecular formula is C20H19N3O3S. The van der Waals surface area contributed by atoms with Gasteiger partial charge in [-0.2, -0.15) is 5.10 Å². The highest BCUT2D eigenvalue weighted by atomic mass is 32.2. The normalized spacial score (nSPS) is 15.4. The Hall–Kier alpha value is -2.93. The van der Waals surface area contributed by atoms with Crippen molar-refractivity contribution >= 4 is 22.5 Å². The number of nitrogens with one attached hydrogen (secondary N) is 1. The lowest BCUT2D eigenvalue weighted by Gasteiger charge is -2.12. The monoisotopic (exact) mass is 381 g/mol. The van der Waals surface area contributed by atoms with Crippen LogP contribution in [0.4, 0.5) is 5.82 Å². The van der Waals surface area contributed by atoms with Crippen molar-refractivity contribution in [2.45, 2.75) is 18.4 Å². The minimum Gasteiger partial charge on any atom is -0.497 e. The van der Waals surface area contributed by atoms with Gasteiger partial charge >= 0.3 is 0 Å². The first-order valence-electron chi connectivity index (χ1n) is 8.54. The number of aromatic nitrogens is 2. The summed E-state index contributed by atoms with van der Waals surface area (Å²) in [6.45, 7) is 1.90. The number of nitrogens with zero attached hydrogens (tertiary/aromatic N) is 2. The number of carbonyl (C=O) groups is 1. The summed E-state index contributed by atoms with van der Waals surface area (Å²) in [6, 6.07) is 14.9. The fraction of sp³-hybridized carbons (Fsp3) is 0.200. The summed E-state index contributed by atoms with van der Waals surface area (Å²) in [5, 5.41) is 7.60. The van der Waals surface area contributed by atoms with Crippen molar-refractivity contribution in [2.24, 2.45) is 0 Å². The van der Waals surface area contributed by atoms with E-state index in [1.54, 1.807) is 17.9 Å². The summed E-state index contributed by atoms with van der Waals surface area (Å²) in [6.07, 6.45) is 0. The number of ether oxygens (including phenoxy) is 1. The van der Waals surface area contributed by atoms with Crippen molar-refractivity contribution in [1.82, 2.24) is 9.78 Å². The number of amides is 1. The first kappa shape index (κ1) is 17.5. The fourth-order valence-corrected chi connectivity index (χ4v) is 4.43. The molecule has 2 aromatic carbocycles. The number of hydrogen-bond donors (Lipinski definition) is 1. The molecule has 1 atom stereocenters. The Morgan fingerprint density at radius 1 is 1.15 bits per heavy atom. The Balaban J connectivity index is 1.75. The number of fused-ring (bicyclic) bond motifs is 1. The molecule has 1 aliphatic rings. The average Bonchev–Trinajstić information content (AvgIpc) is 3.19. The van der Waals surface area contributed by atoms with Gasteiger partial charge in [0.25, 0.3) is 5.91 Å². The second-order valence-corrected chi connectivity index (χ2v) is 7.84. The van der Waals surface area contributed by atoms with Crippen molar-refractivity contribution in [3.63, 3.8) is 0 Å². The lowest BCUT2D eigenvalue weighted by atomic mass is 10.1. The SMILES string of the molecule is COc1ccc(-n2nc3c(c2NC(=O)c2ccccc2C)C[S@@](=O)C3)cc1. The summed E-state index contributed by atoms with van der Waals surface area (Å²) in [5.41, 5.74) is 3.91. The van der Waals surface area contributed by atoms with Gasteiger partial charge in [-0.3, -0.25) is 9.00 Å². The van der Waals surface area contributed by atoms with Crippen molar-refractivity contribution in [2.75, 3.05) is 12.4 Å². The molecule has 1 N–H and O–H groups in total. The molecule has 4 rings (SSSR count). The number of anilines is 1. The zero-order chi connectivity index (χ0) is 19.0. The fourth-order valence-electron chi connectivity index (χ4n) is 3.17. The van der Waals surface area contributed by atoms with Crippen LogP contribution in [-0.4, -0.2) is 27.0 Å². The molecule has 1 aromatic heterocycles. The number of benzene rings is 2. The zero-order valence-electron chi connectivity index (χ0n) is 15.1. The highest BCUT2D eigenvalue weighted by Gasteiger charge is 2.28. The summed E-state index contributed by atoms with van der Waals surface area (Å²) in [4.78, 5) is 12.9. The number of hydrogen-bond acceptors (Lipinski definition) is 4. The second kappa shape index (κ2) is 7.00. The molecule has 3 aromatic rings. The van der Waals surface area contributed by atoms with Gasteiger partial charge in [-0.1, -0.05) is 18.2 Å². The Kier molecular flexibility index (Phi) is 4.53. The van der Waals surface area contributed by atoms with Crippen molar-refractivity contribution < 1.29 is 13.7 Å². The number of aryl methyl sites for hydroxylation is 1. The summed E-state index contributed by atoms with van der Waals surface area (Å²) in [7, 11) is 0.633. The molecule has 2 heterocycles. The van der Waals surface area contributed by atoms with Gasteiger partial charge in [0.1, 0.15) is 11.6 Å². The minimum atomic E-state index is -0.979. The third-order valence-electron chi connectivity index (χ3n) is 4.61. The largest absolute Gasteiger partial charge is 0.497 e. The van der Waals surface area contributed by atoms with Crippen molar-refractivity contribution in [1.29, 1.82) is 0 Å². The van der Waals surface area contributed by atoms with Gasteiger partial charge in [0.15, 0.2) is 0 Å². The minimum absolute atomic E-state index is 0.205. The van der Waals surface area contributed by atoms with E-state index in [-0.39, 0.29) is 5.91 Å². The third kappa shape index (κ3) is 3.26. The maximum absolute atomic E-state index is 12.9. The van der Waals surface area contributed by atoms with Crippen LogP contribution in [0.2, 0.25) is 0 Å². The smallest absolute Gasteiger partial charge is 0.257 e. The highest BCUT2D eigenvalue weighted by molar-refractivity contribution is 7.83. The van der Waals surface area contributed by atoms with Crippen LogP contribution in [0.1, 0.15) is 27.2 Å². The first-order valence-corrected chi connectivity index (χ1v) is 10.0. The molecule has 0 radical (unpaired) electrons. The molecule has 6 nitrogen and oxygen atoms in total. The van der Waals surface area contributed by atoms with Crippen molar-refractivity contribution in [3.8, 4) is 11.4 Å². The van der Waals surface area contributed by atoms with Crippen LogP contribution in [0.15, 0.2) is 48.5 Å². The van der Waals surface area contributed by atoms with E-state index in [2.05, 4.69) is 10.4 Å². The zero-order valence-corrected chi connectivity index (χ0v) is 15.9. The van der Waals surface area contributed by atoms with Crippen molar-refractivity contribution in [3.05, 3.63) is 70.9 Å². The van der Waals surface area contributed by atoms with E-state index < -0.39 is 10.8 Å². The molecule has 0 saturated carbocycles. The van der Waals surface area contributed by atoms with E-state index in [1.165, 1.54) is 0 Å². The molecule has 0 aliphatic carbocycles. The van der Waals surface area contributed by atoms with Crippen LogP contribution in [0.25, 0.3) is 5.69 Å². The lowest BCUT2D eigenvalue weighted by molar-refractivity contribution is 0.102. The third-order valence-corrected chi connectivity index (χ3v) is 5.81. The van der Waals surface area contributed by atoms with Crippen LogP contribution in [0.5, 0.6) is 5.75 Å². The summed E-state index contributed by atoms with van der Waals surface area (Å²) < 4.78 is 18.9. The second-order valence-electron chi connectivity index (χ2n) is 6.38. The Bertz CT molecular complexity index is 1040. The molecule has 0 bridgehead atoms. The lowest BCUT2D eigenvalue weighted by Crippen LogP contribution is -2.17. The molecule has 0 fully saturated rings. The quantitative estimate of drug-likeness (QED) is 0.753. The number of methoxy groups -OCH3 is 1. The van der Waals surface area contributed by atoms with E-state index in [0.29, 0.717) is 22.9 Å². The van der Waals surface area contributed by atoms with Gasteiger partial charge in [-0.15, -0.1) is 0 Å². The average molecular weight is 381 g/mol. The van der Waals surface area contributed by atoms with E-state index >= 15 is 0 Å². The van der Waals surface area contributed by atoms with Crippen LogP contribution >= 0.6 is 0 Å². The van der Waals surface area contributed by atoms with Crippen LogP contribution < -0.4 is 10.1 Å². The maximum Gasteiger partial charge on any atom is 0.257 e. The van der Waals surface area contributed by atoms with E-state index in [9.17, 15) is 9.00 Å². The predicted molar refractivity (Wildman–Crippen MR) is 105 cm³/mol. The number of carbonyl (C=O) groups excluding carboxylic acids is 1. The van der Waals surface area contributed by atoms with Gasteiger partial charge in [0.2, 0.25) is 0 Å². The number of rotatable bonds is 4. The molecule has 7 heteroatoms. The maximum atomic E-state index is 12.9. The van der Waals surface area contributed by atoms with Gasteiger partial charge < -0.3 is 10.1 Å². The summed E-state index contributed by atoms with van der Waals surface area (Å²) in [5.74, 6) is 1.92. The van der Waals surface area contributed by atoms with E-state index in [0.717, 1.165) is 28.3 Å².